The molecule has 0 saturated carbocycles. The Morgan fingerprint density at radius 1 is 0.794 bits per heavy atom. The van der Waals surface area contributed by atoms with Crippen LogP contribution in [0.4, 0.5) is 11.4 Å². The maximum Gasteiger partial charge on any atom is 0.163 e. The number of hydrogen-bond acceptors (Lipinski definition) is 5. The first-order valence-corrected chi connectivity index (χ1v) is 12.0. The van der Waals surface area contributed by atoms with Gasteiger partial charge in [-0.15, -0.1) is 0 Å². The number of ketones is 1. The predicted molar refractivity (Wildman–Crippen MR) is 136 cm³/mol. The number of allylic oxidation sites excluding steroid dienone is 1. The Bertz CT molecular complexity index is 1220. The first-order chi connectivity index (χ1) is 16.7. The van der Waals surface area contributed by atoms with Gasteiger partial charge in [0.2, 0.25) is 0 Å². The predicted octanol–water partition coefficient (Wildman–Crippen LogP) is 6.46. The molecule has 2 atom stereocenters. The van der Waals surface area contributed by atoms with Gasteiger partial charge in [0.15, 0.2) is 5.78 Å². The number of carbonyl (C=O) groups is 1. The zero-order valence-electron chi connectivity index (χ0n) is 19.6. The van der Waals surface area contributed by atoms with E-state index < -0.39 is 0 Å². The van der Waals surface area contributed by atoms with Gasteiger partial charge < -0.3 is 20.1 Å². The van der Waals surface area contributed by atoms with Crippen molar-refractivity contribution in [2.24, 2.45) is 0 Å². The number of benzene rings is 3. The molecule has 2 aliphatic rings. The molecule has 0 aromatic heterocycles. The van der Waals surface area contributed by atoms with Crippen LogP contribution in [-0.2, 0) is 4.79 Å². The Labute approximate surface area is 200 Å². The molecule has 3 aromatic rings. The van der Waals surface area contributed by atoms with Crippen LogP contribution in [0.15, 0.2) is 84.1 Å². The lowest BCUT2D eigenvalue weighted by Gasteiger charge is -2.30. The van der Waals surface area contributed by atoms with Crippen molar-refractivity contribution < 1.29 is 14.3 Å². The molecule has 0 spiro atoms. The molecule has 1 aliphatic carbocycles. The fourth-order valence-corrected chi connectivity index (χ4v) is 4.93. The molecular weight excluding hydrogens is 424 g/mol. The lowest BCUT2D eigenvalue weighted by molar-refractivity contribution is -0.116. The summed E-state index contributed by atoms with van der Waals surface area (Å²) in [7, 11) is 0. The van der Waals surface area contributed by atoms with Gasteiger partial charge in [-0.2, -0.15) is 0 Å². The van der Waals surface area contributed by atoms with Crippen molar-refractivity contribution in [3.63, 3.8) is 0 Å². The lowest BCUT2D eigenvalue weighted by Crippen LogP contribution is -2.26. The summed E-state index contributed by atoms with van der Waals surface area (Å²) >= 11 is 0. The van der Waals surface area contributed by atoms with Crippen molar-refractivity contribution in [1.29, 1.82) is 0 Å². The first kappa shape index (κ1) is 22.1. The van der Waals surface area contributed by atoms with Crippen molar-refractivity contribution >= 4 is 17.2 Å². The molecule has 174 valence electrons. The van der Waals surface area contributed by atoms with E-state index >= 15 is 0 Å². The zero-order chi connectivity index (χ0) is 23.5. The van der Waals surface area contributed by atoms with Gasteiger partial charge in [-0.25, -0.2) is 0 Å². The number of para-hydroxylation sites is 2. The average Bonchev–Trinajstić information content (AvgIpc) is 3.02. The van der Waals surface area contributed by atoms with E-state index in [1.807, 2.05) is 56.3 Å². The lowest BCUT2D eigenvalue weighted by atomic mass is 9.78. The van der Waals surface area contributed by atoms with Gasteiger partial charge in [0.25, 0.3) is 0 Å². The minimum Gasteiger partial charge on any atom is -0.494 e. The van der Waals surface area contributed by atoms with Crippen LogP contribution in [0.3, 0.4) is 0 Å². The molecule has 1 heterocycles. The molecule has 5 rings (SSSR count). The number of Topliss-reactive ketones (excluding diaryl/α,β-unsaturated/α-hetero) is 1. The highest BCUT2D eigenvalue weighted by molar-refractivity contribution is 6.01. The van der Waals surface area contributed by atoms with Gasteiger partial charge in [0.1, 0.15) is 11.5 Å². The van der Waals surface area contributed by atoms with Crippen LogP contribution in [-0.4, -0.2) is 19.0 Å². The van der Waals surface area contributed by atoms with Crippen molar-refractivity contribution in [1.82, 2.24) is 0 Å². The third-order valence-electron chi connectivity index (χ3n) is 6.47. The summed E-state index contributed by atoms with van der Waals surface area (Å²) < 4.78 is 11.3. The Kier molecular flexibility index (Phi) is 6.26. The highest BCUT2D eigenvalue weighted by Gasteiger charge is 2.36. The molecule has 3 aromatic carbocycles. The van der Waals surface area contributed by atoms with E-state index in [-0.39, 0.29) is 17.7 Å². The van der Waals surface area contributed by atoms with Crippen molar-refractivity contribution in [3.8, 4) is 11.5 Å². The summed E-state index contributed by atoms with van der Waals surface area (Å²) in [5, 5.41) is 7.24. The van der Waals surface area contributed by atoms with Crippen LogP contribution in [0.5, 0.6) is 11.5 Å². The van der Waals surface area contributed by atoms with Crippen LogP contribution in [0.2, 0.25) is 0 Å². The highest BCUT2D eigenvalue weighted by atomic mass is 16.5. The third-order valence-corrected chi connectivity index (χ3v) is 6.47. The molecule has 0 radical (unpaired) electrons. The topological polar surface area (TPSA) is 59.6 Å². The average molecular weight is 455 g/mol. The smallest absolute Gasteiger partial charge is 0.163 e. The standard InChI is InChI=1S/C29H30N2O3/c1-3-33-22-14-12-19(13-15-22)21-17-26-28(27(32)18-21)29(20-8-7-9-23(16-20)34-4-2)31-25-11-6-5-10-24(25)30-26/h5-16,21,29-31H,3-4,17-18H2,1-2H3. The molecule has 5 nitrogen and oxygen atoms in total. The fourth-order valence-electron chi connectivity index (χ4n) is 4.93. The normalized spacial score (nSPS) is 19.3. The SMILES string of the molecule is CCOc1ccc(C2CC(=O)C3=C(C2)Nc2ccccc2NC3c2cccc(OCC)c2)cc1. The Morgan fingerprint density at radius 2 is 1.53 bits per heavy atom. The van der Waals surface area contributed by atoms with Crippen LogP contribution >= 0.6 is 0 Å². The third kappa shape index (κ3) is 4.38. The molecular formula is C29H30N2O3. The van der Waals surface area contributed by atoms with E-state index in [2.05, 4.69) is 41.0 Å². The maximum absolute atomic E-state index is 13.7. The van der Waals surface area contributed by atoms with Crippen LogP contribution in [0.25, 0.3) is 0 Å². The molecule has 2 N–H and O–H groups in total. The minimum atomic E-state index is -0.250. The van der Waals surface area contributed by atoms with Gasteiger partial charge in [-0.05, 0) is 73.7 Å². The Morgan fingerprint density at radius 3 is 2.29 bits per heavy atom. The van der Waals surface area contributed by atoms with E-state index in [1.165, 1.54) is 0 Å². The summed E-state index contributed by atoms with van der Waals surface area (Å²) in [6.45, 7) is 5.19. The monoisotopic (exact) mass is 454 g/mol. The quantitative estimate of drug-likeness (QED) is 0.447. The number of hydrogen-bond donors (Lipinski definition) is 2. The van der Waals surface area contributed by atoms with Gasteiger partial charge in [-0.1, -0.05) is 36.4 Å². The van der Waals surface area contributed by atoms with Gasteiger partial charge >= 0.3 is 0 Å². The summed E-state index contributed by atoms with van der Waals surface area (Å²) in [6.07, 6.45) is 1.25. The molecule has 5 heteroatoms. The van der Waals surface area contributed by atoms with E-state index in [0.717, 1.165) is 51.7 Å². The van der Waals surface area contributed by atoms with Crippen LogP contribution in [0.1, 0.15) is 49.8 Å². The molecule has 34 heavy (non-hydrogen) atoms. The number of rotatable bonds is 6. The van der Waals surface area contributed by atoms with Gasteiger partial charge in [0, 0.05) is 17.7 Å². The van der Waals surface area contributed by atoms with E-state index in [0.29, 0.717) is 19.6 Å². The van der Waals surface area contributed by atoms with Crippen LogP contribution < -0.4 is 20.1 Å². The van der Waals surface area contributed by atoms with Crippen molar-refractivity contribution in [3.05, 3.63) is 95.2 Å². The molecule has 0 fully saturated rings. The molecule has 1 aliphatic heterocycles. The van der Waals surface area contributed by atoms with E-state index in [9.17, 15) is 4.79 Å². The molecule has 0 saturated heterocycles. The fraction of sp³-hybridized carbons (Fsp3) is 0.276. The molecule has 0 amide bonds. The summed E-state index contributed by atoms with van der Waals surface area (Å²) in [5.74, 6) is 1.95. The number of nitrogens with one attached hydrogen (secondary N) is 2. The number of anilines is 2. The molecule has 0 bridgehead atoms. The molecule has 2 unspecified atom stereocenters. The largest absolute Gasteiger partial charge is 0.494 e. The maximum atomic E-state index is 13.7. The first-order valence-electron chi connectivity index (χ1n) is 12.0. The summed E-state index contributed by atoms with van der Waals surface area (Å²) in [4.78, 5) is 13.7. The van der Waals surface area contributed by atoms with Crippen LogP contribution in [0, 0.1) is 0 Å². The second-order valence-corrected chi connectivity index (χ2v) is 8.68. The number of carbonyl (C=O) groups excluding carboxylic acids is 1. The zero-order valence-corrected chi connectivity index (χ0v) is 19.6. The van der Waals surface area contributed by atoms with Crippen molar-refractivity contribution in [2.45, 2.75) is 38.6 Å². The second kappa shape index (κ2) is 9.64. The number of ether oxygens (including phenoxy) is 2. The Balaban J connectivity index is 1.54. The van der Waals surface area contributed by atoms with E-state index in [1.54, 1.807) is 0 Å². The van der Waals surface area contributed by atoms with Gasteiger partial charge in [-0.3, -0.25) is 4.79 Å². The summed E-state index contributed by atoms with van der Waals surface area (Å²) in [5.41, 5.74) is 5.94. The van der Waals surface area contributed by atoms with Gasteiger partial charge in [0.05, 0.1) is 30.6 Å². The second-order valence-electron chi connectivity index (χ2n) is 8.68. The summed E-state index contributed by atoms with van der Waals surface area (Å²) in [6, 6.07) is 24.1. The number of fused-ring (bicyclic) bond motifs is 1. The van der Waals surface area contributed by atoms with E-state index in [4.69, 9.17) is 9.47 Å². The highest BCUT2D eigenvalue weighted by Crippen LogP contribution is 2.44. The van der Waals surface area contributed by atoms with Crippen molar-refractivity contribution in [2.75, 3.05) is 23.8 Å². The minimum absolute atomic E-state index is 0.120. The Hall–Kier alpha value is -3.73.